The van der Waals surface area contributed by atoms with Gasteiger partial charge in [-0.05, 0) is 36.1 Å². The van der Waals surface area contributed by atoms with Crippen molar-refractivity contribution >= 4 is 5.69 Å². The van der Waals surface area contributed by atoms with Gasteiger partial charge in [-0.1, -0.05) is 32.9 Å². The molecule has 3 N–H and O–H groups in total. The van der Waals surface area contributed by atoms with E-state index in [4.69, 9.17) is 5.73 Å². The molecule has 0 aliphatic heterocycles. The molecule has 0 saturated heterocycles. The van der Waals surface area contributed by atoms with Crippen molar-refractivity contribution in [2.24, 2.45) is 11.1 Å². The van der Waals surface area contributed by atoms with Gasteiger partial charge >= 0.3 is 0 Å². The topological polar surface area (TPSA) is 38.0 Å². The Hall–Kier alpha value is -1.02. The van der Waals surface area contributed by atoms with Crippen molar-refractivity contribution in [3.8, 4) is 0 Å². The third-order valence-electron chi connectivity index (χ3n) is 2.69. The highest BCUT2D eigenvalue weighted by atomic mass is 14.9. The molecule has 0 heterocycles. The zero-order valence-electron chi connectivity index (χ0n) is 10.0. The summed E-state index contributed by atoms with van der Waals surface area (Å²) in [4.78, 5) is 0. The molecule has 1 aromatic carbocycles. The van der Waals surface area contributed by atoms with Crippen LogP contribution in [0, 0.1) is 5.41 Å². The second-order valence-electron chi connectivity index (χ2n) is 4.77. The molecule has 84 valence electrons. The molecule has 2 nitrogen and oxygen atoms in total. The third kappa shape index (κ3) is 3.92. The molecule has 0 aliphatic rings. The second-order valence-corrected chi connectivity index (χ2v) is 4.77. The summed E-state index contributed by atoms with van der Waals surface area (Å²) >= 11 is 0. The molecule has 0 saturated carbocycles. The summed E-state index contributed by atoms with van der Waals surface area (Å²) in [6.07, 6.45) is 1.09. The number of benzene rings is 1. The molecule has 0 radical (unpaired) electrons. The van der Waals surface area contributed by atoms with E-state index in [0.29, 0.717) is 6.54 Å². The van der Waals surface area contributed by atoms with Crippen molar-refractivity contribution in [2.45, 2.75) is 27.2 Å². The quantitative estimate of drug-likeness (QED) is 0.777. The van der Waals surface area contributed by atoms with Crippen molar-refractivity contribution in [1.82, 2.24) is 0 Å². The Kier molecular flexibility index (Phi) is 4.15. The molecular formula is C13H22N2. The summed E-state index contributed by atoms with van der Waals surface area (Å²) in [5.41, 5.74) is 8.38. The van der Waals surface area contributed by atoms with Crippen molar-refractivity contribution in [1.29, 1.82) is 0 Å². The zero-order valence-corrected chi connectivity index (χ0v) is 10.0. The number of nitrogens with one attached hydrogen (secondary N) is 1. The Morgan fingerprint density at radius 3 is 2.27 bits per heavy atom. The molecular weight excluding hydrogens is 184 g/mol. The van der Waals surface area contributed by atoms with Gasteiger partial charge in [-0.2, -0.15) is 0 Å². The molecule has 0 bridgehead atoms. The lowest BCUT2D eigenvalue weighted by Crippen LogP contribution is -2.31. The zero-order chi connectivity index (χ0) is 11.3. The highest BCUT2D eigenvalue weighted by molar-refractivity contribution is 5.44. The predicted molar refractivity (Wildman–Crippen MR) is 67.1 cm³/mol. The standard InChI is InChI=1S/C13H22N2/c1-4-11-5-7-12(8-6-11)15-10-13(2,3)9-14/h5-8,15H,4,9-10,14H2,1-3H3. The van der Waals surface area contributed by atoms with E-state index in [9.17, 15) is 0 Å². The van der Waals surface area contributed by atoms with Crippen LogP contribution in [0.15, 0.2) is 24.3 Å². The number of hydrogen-bond acceptors (Lipinski definition) is 2. The lowest BCUT2D eigenvalue weighted by atomic mass is 9.94. The van der Waals surface area contributed by atoms with E-state index >= 15 is 0 Å². The molecule has 0 aromatic heterocycles. The normalized spacial score (nSPS) is 11.5. The average molecular weight is 206 g/mol. The van der Waals surface area contributed by atoms with E-state index in [0.717, 1.165) is 13.0 Å². The number of nitrogens with two attached hydrogens (primary N) is 1. The van der Waals surface area contributed by atoms with Crippen LogP contribution in [-0.4, -0.2) is 13.1 Å². The molecule has 0 atom stereocenters. The van der Waals surface area contributed by atoms with Crippen molar-refractivity contribution in [3.63, 3.8) is 0 Å². The highest BCUT2D eigenvalue weighted by Gasteiger charge is 2.14. The molecule has 0 amide bonds. The van der Waals surface area contributed by atoms with Gasteiger partial charge in [0.2, 0.25) is 0 Å². The largest absolute Gasteiger partial charge is 0.384 e. The van der Waals surface area contributed by atoms with E-state index in [1.54, 1.807) is 0 Å². The first-order valence-electron chi connectivity index (χ1n) is 5.60. The third-order valence-corrected chi connectivity index (χ3v) is 2.69. The minimum atomic E-state index is 0.156. The summed E-state index contributed by atoms with van der Waals surface area (Å²) in [6.45, 7) is 8.11. The van der Waals surface area contributed by atoms with Crippen LogP contribution < -0.4 is 11.1 Å². The van der Waals surface area contributed by atoms with Gasteiger partial charge in [0.1, 0.15) is 0 Å². The van der Waals surface area contributed by atoms with Gasteiger partial charge in [0.15, 0.2) is 0 Å². The van der Waals surface area contributed by atoms with Gasteiger partial charge in [0.25, 0.3) is 0 Å². The fraction of sp³-hybridized carbons (Fsp3) is 0.538. The van der Waals surface area contributed by atoms with Crippen molar-refractivity contribution in [3.05, 3.63) is 29.8 Å². The van der Waals surface area contributed by atoms with Gasteiger partial charge in [-0.25, -0.2) is 0 Å². The van der Waals surface area contributed by atoms with E-state index < -0.39 is 0 Å². The molecule has 0 fully saturated rings. The van der Waals surface area contributed by atoms with Gasteiger partial charge in [-0.15, -0.1) is 0 Å². The average Bonchev–Trinajstić information content (AvgIpc) is 2.27. The van der Waals surface area contributed by atoms with Crippen LogP contribution in [0.1, 0.15) is 26.3 Å². The maximum atomic E-state index is 5.68. The van der Waals surface area contributed by atoms with Crippen molar-refractivity contribution < 1.29 is 0 Å². The van der Waals surface area contributed by atoms with Crippen molar-refractivity contribution in [2.75, 3.05) is 18.4 Å². The van der Waals surface area contributed by atoms with Gasteiger partial charge in [-0.3, -0.25) is 0 Å². The number of aryl methyl sites for hydroxylation is 1. The van der Waals surface area contributed by atoms with Gasteiger partial charge < -0.3 is 11.1 Å². The van der Waals surface area contributed by atoms with Crippen LogP contribution in [0.2, 0.25) is 0 Å². The SMILES string of the molecule is CCc1ccc(NCC(C)(C)CN)cc1. The maximum absolute atomic E-state index is 5.68. The van der Waals surface area contributed by atoms with E-state index in [1.165, 1.54) is 11.3 Å². The second kappa shape index (κ2) is 5.17. The van der Waals surface area contributed by atoms with Crippen LogP contribution in [0.25, 0.3) is 0 Å². The molecule has 0 unspecified atom stereocenters. The Labute approximate surface area is 92.9 Å². The lowest BCUT2D eigenvalue weighted by molar-refractivity contribution is 0.405. The van der Waals surface area contributed by atoms with Crippen LogP contribution in [0.5, 0.6) is 0 Å². The predicted octanol–water partition coefficient (Wildman–Crippen LogP) is 2.65. The summed E-state index contributed by atoms with van der Waals surface area (Å²) in [5.74, 6) is 0. The lowest BCUT2D eigenvalue weighted by Gasteiger charge is -2.23. The molecule has 0 aliphatic carbocycles. The number of anilines is 1. The first-order chi connectivity index (χ1) is 7.07. The van der Waals surface area contributed by atoms with E-state index in [2.05, 4.69) is 50.4 Å². The fourth-order valence-corrected chi connectivity index (χ4v) is 1.27. The maximum Gasteiger partial charge on any atom is 0.0340 e. The molecule has 2 heteroatoms. The van der Waals surface area contributed by atoms with Crippen LogP contribution >= 0.6 is 0 Å². The van der Waals surface area contributed by atoms with Gasteiger partial charge in [0.05, 0.1) is 0 Å². The Morgan fingerprint density at radius 2 is 1.80 bits per heavy atom. The first kappa shape index (κ1) is 12.1. The molecule has 1 rings (SSSR count). The fourth-order valence-electron chi connectivity index (χ4n) is 1.27. The van der Waals surface area contributed by atoms with E-state index in [1.807, 2.05) is 0 Å². The smallest absolute Gasteiger partial charge is 0.0340 e. The molecule has 1 aromatic rings. The first-order valence-corrected chi connectivity index (χ1v) is 5.60. The minimum Gasteiger partial charge on any atom is -0.384 e. The van der Waals surface area contributed by atoms with E-state index in [-0.39, 0.29) is 5.41 Å². The Morgan fingerprint density at radius 1 is 1.20 bits per heavy atom. The van der Waals surface area contributed by atoms with Crippen LogP contribution in [-0.2, 0) is 6.42 Å². The summed E-state index contributed by atoms with van der Waals surface area (Å²) < 4.78 is 0. The van der Waals surface area contributed by atoms with Crippen LogP contribution in [0.3, 0.4) is 0 Å². The highest BCUT2D eigenvalue weighted by Crippen LogP contribution is 2.15. The molecule has 15 heavy (non-hydrogen) atoms. The Balaban J connectivity index is 2.51. The monoisotopic (exact) mass is 206 g/mol. The van der Waals surface area contributed by atoms with Crippen LogP contribution in [0.4, 0.5) is 5.69 Å². The molecule has 0 spiro atoms. The summed E-state index contributed by atoms with van der Waals surface area (Å²) in [5, 5.41) is 3.41. The number of hydrogen-bond donors (Lipinski definition) is 2. The summed E-state index contributed by atoms with van der Waals surface area (Å²) in [7, 11) is 0. The summed E-state index contributed by atoms with van der Waals surface area (Å²) in [6, 6.07) is 8.59. The Bertz CT molecular complexity index is 288. The minimum absolute atomic E-state index is 0.156. The number of rotatable bonds is 5. The van der Waals surface area contributed by atoms with Gasteiger partial charge in [0, 0.05) is 12.2 Å².